The van der Waals surface area contributed by atoms with E-state index in [1.54, 1.807) is 0 Å². The molecule has 1 amide bonds. The second-order valence-electron chi connectivity index (χ2n) is 2.26. The SMILES string of the molecule is NCCCNC(=O)OCC(Cl)(Cl)Cl. The second kappa shape index (κ2) is 6.54. The molecule has 0 rings (SSSR count). The summed E-state index contributed by atoms with van der Waals surface area (Å²) < 4.78 is 3.00. The minimum atomic E-state index is -1.56. The molecule has 0 aromatic heterocycles. The normalized spacial score (nSPS) is 11.1. The Kier molecular flexibility index (Phi) is 6.59. The lowest BCUT2D eigenvalue weighted by molar-refractivity contribution is 0.148. The Morgan fingerprint density at radius 1 is 1.46 bits per heavy atom. The summed E-state index contributed by atoms with van der Waals surface area (Å²) in [7, 11) is 0. The van der Waals surface area contributed by atoms with Crippen molar-refractivity contribution in [2.75, 3.05) is 19.7 Å². The van der Waals surface area contributed by atoms with Crippen LogP contribution in [0.4, 0.5) is 4.79 Å². The van der Waals surface area contributed by atoms with Crippen LogP contribution in [-0.4, -0.2) is 29.6 Å². The van der Waals surface area contributed by atoms with Crippen LogP contribution in [0, 0.1) is 0 Å². The summed E-state index contributed by atoms with van der Waals surface area (Å²) in [4.78, 5) is 10.8. The average molecular weight is 250 g/mol. The molecule has 0 fully saturated rings. The van der Waals surface area contributed by atoms with Crippen molar-refractivity contribution < 1.29 is 9.53 Å². The Hall–Kier alpha value is 0.1000. The topological polar surface area (TPSA) is 64.3 Å². The van der Waals surface area contributed by atoms with Crippen LogP contribution in [0.2, 0.25) is 0 Å². The van der Waals surface area contributed by atoms with Gasteiger partial charge in [-0.1, -0.05) is 34.8 Å². The molecule has 0 radical (unpaired) electrons. The van der Waals surface area contributed by atoms with Crippen LogP contribution < -0.4 is 11.1 Å². The number of carbonyl (C=O) groups excluding carboxylic acids is 1. The first-order chi connectivity index (χ1) is 5.95. The number of alkyl halides is 3. The van der Waals surface area contributed by atoms with Crippen LogP contribution in [0.1, 0.15) is 6.42 Å². The van der Waals surface area contributed by atoms with E-state index in [0.29, 0.717) is 19.5 Å². The molecule has 0 aromatic rings. The first-order valence-electron chi connectivity index (χ1n) is 3.63. The second-order valence-corrected chi connectivity index (χ2v) is 4.78. The number of carbonyl (C=O) groups is 1. The summed E-state index contributed by atoms with van der Waals surface area (Å²) in [6.07, 6.45) is 0.0721. The van der Waals surface area contributed by atoms with Gasteiger partial charge in [0, 0.05) is 6.54 Å². The molecule has 0 aromatic carbocycles. The summed E-state index contributed by atoms with van der Waals surface area (Å²) in [6.45, 7) is 0.687. The molecule has 0 bridgehead atoms. The molecule has 0 heterocycles. The molecule has 0 aliphatic rings. The molecule has 0 aliphatic carbocycles. The van der Waals surface area contributed by atoms with Gasteiger partial charge in [0.25, 0.3) is 0 Å². The maximum atomic E-state index is 10.8. The smallest absolute Gasteiger partial charge is 0.407 e. The van der Waals surface area contributed by atoms with E-state index in [1.807, 2.05) is 0 Å². The molecule has 3 N–H and O–H groups in total. The van der Waals surface area contributed by atoms with E-state index in [-0.39, 0.29) is 6.61 Å². The molecular formula is C6H11Cl3N2O2. The van der Waals surface area contributed by atoms with E-state index < -0.39 is 9.89 Å². The molecule has 4 nitrogen and oxygen atoms in total. The van der Waals surface area contributed by atoms with E-state index in [0.717, 1.165) is 0 Å². The summed E-state index contributed by atoms with van der Waals surface area (Å²) in [5.41, 5.74) is 5.20. The molecule has 0 unspecified atom stereocenters. The Morgan fingerprint density at radius 2 is 2.08 bits per heavy atom. The largest absolute Gasteiger partial charge is 0.445 e. The maximum absolute atomic E-state index is 10.8. The van der Waals surface area contributed by atoms with Crippen molar-refractivity contribution in [1.82, 2.24) is 5.32 Å². The van der Waals surface area contributed by atoms with Crippen molar-refractivity contribution in [1.29, 1.82) is 0 Å². The van der Waals surface area contributed by atoms with Crippen molar-refractivity contribution in [3.63, 3.8) is 0 Å². The molecule has 0 spiro atoms. The monoisotopic (exact) mass is 248 g/mol. The molecule has 0 atom stereocenters. The number of hydrogen-bond acceptors (Lipinski definition) is 3. The lowest BCUT2D eigenvalue weighted by atomic mass is 10.4. The Morgan fingerprint density at radius 3 is 2.54 bits per heavy atom. The Balaban J connectivity index is 3.41. The van der Waals surface area contributed by atoms with Gasteiger partial charge < -0.3 is 15.8 Å². The standard InChI is InChI=1S/C6H11Cl3N2O2/c7-6(8,9)4-13-5(12)11-3-1-2-10/h1-4,10H2,(H,11,12). The summed E-state index contributed by atoms with van der Waals surface area (Å²) in [6, 6.07) is 0. The predicted octanol–water partition coefficient (Wildman–Crippen LogP) is 1.43. The van der Waals surface area contributed by atoms with Gasteiger partial charge in [-0.05, 0) is 13.0 Å². The van der Waals surface area contributed by atoms with Gasteiger partial charge in [0.15, 0.2) is 0 Å². The van der Waals surface area contributed by atoms with Crippen molar-refractivity contribution >= 4 is 40.9 Å². The number of hydrogen-bond donors (Lipinski definition) is 2. The number of halogens is 3. The van der Waals surface area contributed by atoms with Gasteiger partial charge in [-0.15, -0.1) is 0 Å². The minimum Gasteiger partial charge on any atom is -0.445 e. The lowest BCUT2D eigenvalue weighted by Gasteiger charge is -2.11. The van der Waals surface area contributed by atoms with Crippen LogP contribution in [-0.2, 0) is 4.74 Å². The van der Waals surface area contributed by atoms with Gasteiger partial charge in [0.2, 0.25) is 3.79 Å². The highest BCUT2D eigenvalue weighted by Crippen LogP contribution is 2.25. The Labute approximate surface area is 91.6 Å². The summed E-state index contributed by atoms with van der Waals surface area (Å²) in [5, 5.41) is 2.44. The number of nitrogens with two attached hydrogens (primary N) is 1. The highest BCUT2D eigenvalue weighted by molar-refractivity contribution is 6.67. The van der Waals surface area contributed by atoms with Crippen molar-refractivity contribution in [2.24, 2.45) is 5.73 Å². The van der Waals surface area contributed by atoms with Crippen LogP contribution >= 0.6 is 34.8 Å². The van der Waals surface area contributed by atoms with Gasteiger partial charge in [0.1, 0.15) is 6.61 Å². The lowest BCUT2D eigenvalue weighted by Crippen LogP contribution is -2.29. The molecule has 13 heavy (non-hydrogen) atoms. The highest BCUT2D eigenvalue weighted by Gasteiger charge is 2.21. The van der Waals surface area contributed by atoms with Gasteiger partial charge in [0.05, 0.1) is 0 Å². The predicted molar refractivity (Wildman–Crippen MR) is 53.3 cm³/mol. The molecule has 0 aliphatic heterocycles. The van der Waals surface area contributed by atoms with Crippen LogP contribution in [0.25, 0.3) is 0 Å². The number of rotatable bonds is 4. The summed E-state index contributed by atoms with van der Waals surface area (Å²) >= 11 is 16.0. The number of amides is 1. The van der Waals surface area contributed by atoms with Gasteiger partial charge in [-0.3, -0.25) is 0 Å². The highest BCUT2D eigenvalue weighted by atomic mass is 35.6. The molecule has 7 heteroatoms. The third kappa shape index (κ3) is 10.0. The van der Waals surface area contributed by atoms with Gasteiger partial charge in [-0.25, -0.2) is 4.79 Å². The zero-order chi connectivity index (χ0) is 10.3. The average Bonchev–Trinajstić information content (AvgIpc) is 2.00. The molecule has 0 saturated heterocycles. The molecular weight excluding hydrogens is 238 g/mol. The summed E-state index contributed by atoms with van der Waals surface area (Å²) in [5.74, 6) is 0. The maximum Gasteiger partial charge on any atom is 0.407 e. The van der Waals surface area contributed by atoms with Gasteiger partial charge in [-0.2, -0.15) is 0 Å². The van der Waals surface area contributed by atoms with Crippen LogP contribution in [0.5, 0.6) is 0 Å². The third-order valence-corrected chi connectivity index (χ3v) is 1.34. The van der Waals surface area contributed by atoms with Gasteiger partial charge >= 0.3 is 6.09 Å². The fourth-order valence-electron chi connectivity index (χ4n) is 0.491. The van der Waals surface area contributed by atoms with Crippen molar-refractivity contribution in [3.05, 3.63) is 0 Å². The minimum absolute atomic E-state index is 0.272. The van der Waals surface area contributed by atoms with Crippen molar-refractivity contribution in [2.45, 2.75) is 10.2 Å². The zero-order valence-electron chi connectivity index (χ0n) is 6.86. The number of nitrogens with one attached hydrogen (secondary N) is 1. The third-order valence-electron chi connectivity index (χ3n) is 1.02. The molecule has 78 valence electrons. The van der Waals surface area contributed by atoms with Crippen LogP contribution in [0.15, 0.2) is 0 Å². The fourth-order valence-corrected chi connectivity index (χ4v) is 0.655. The van der Waals surface area contributed by atoms with E-state index in [4.69, 9.17) is 40.5 Å². The van der Waals surface area contributed by atoms with E-state index in [9.17, 15) is 4.79 Å². The van der Waals surface area contributed by atoms with E-state index in [1.165, 1.54) is 0 Å². The molecule has 0 saturated carbocycles. The van der Waals surface area contributed by atoms with Crippen LogP contribution in [0.3, 0.4) is 0 Å². The number of ether oxygens (including phenoxy) is 1. The first-order valence-corrected chi connectivity index (χ1v) is 4.76. The van der Waals surface area contributed by atoms with E-state index in [2.05, 4.69) is 10.1 Å². The quantitative estimate of drug-likeness (QED) is 0.585. The fraction of sp³-hybridized carbons (Fsp3) is 0.833. The number of alkyl carbamates (subject to hydrolysis) is 1. The first kappa shape index (κ1) is 13.1. The van der Waals surface area contributed by atoms with E-state index >= 15 is 0 Å². The van der Waals surface area contributed by atoms with Crippen molar-refractivity contribution in [3.8, 4) is 0 Å². The Bertz CT molecular complexity index is 160. The zero-order valence-corrected chi connectivity index (χ0v) is 9.12.